The van der Waals surface area contributed by atoms with E-state index in [1.807, 2.05) is 0 Å². The van der Waals surface area contributed by atoms with Gasteiger partial charge in [0.25, 0.3) is 0 Å². The molecule has 6 nitrogen and oxygen atoms in total. The number of hydrogen-bond acceptors (Lipinski definition) is 6. The molecular weight excluding hydrogens is 223 g/mol. The molecule has 0 aromatic heterocycles. The number of rotatable bonds is 6. The van der Waals surface area contributed by atoms with Crippen molar-refractivity contribution in [1.29, 1.82) is 0 Å². The zero-order valence-corrected chi connectivity index (χ0v) is 10.3. The molecule has 0 spiro atoms. The maximum absolute atomic E-state index is 11.5. The molecule has 0 heterocycles. The molecule has 1 unspecified atom stereocenters. The van der Waals surface area contributed by atoms with Crippen LogP contribution in [0.1, 0.15) is 20.8 Å². The molecule has 0 aromatic carbocycles. The largest absolute Gasteiger partial charge is 0.510 e. The van der Waals surface area contributed by atoms with E-state index in [2.05, 4.69) is 14.0 Å². The monoisotopic (exact) mass is 240 g/mol. The van der Waals surface area contributed by atoms with E-state index in [1.54, 1.807) is 20.8 Å². The summed E-state index contributed by atoms with van der Waals surface area (Å²) in [6, 6.07) is 0. The summed E-state index contributed by atoms with van der Waals surface area (Å²) >= 11 is 0. The van der Waals surface area contributed by atoms with Gasteiger partial charge in [-0.15, -0.1) is 0 Å². The van der Waals surface area contributed by atoms with Crippen molar-refractivity contribution in [3.63, 3.8) is 0 Å². The fraction of sp³-hybridized carbons (Fsp3) is 0.875. The van der Waals surface area contributed by atoms with E-state index in [4.69, 9.17) is 4.52 Å². The minimum atomic E-state index is -3.10. The van der Waals surface area contributed by atoms with Gasteiger partial charge in [-0.05, 0) is 13.8 Å². The average molecular weight is 240 g/mol. The average Bonchev–Trinajstić information content (AvgIpc) is 2.16. The summed E-state index contributed by atoms with van der Waals surface area (Å²) in [6.45, 7) is 4.59. The first kappa shape index (κ1) is 14.4. The highest BCUT2D eigenvalue weighted by molar-refractivity contribution is 7.53. The lowest BCUT2D eigenvalue weighted by Gasteiger charge is -2.14. The highest BCUT2D eigenvalue weighted by Gasteiger charge is 2.20. The van der Waals surface area contributed by atoms with E-state index in [9.17, 15) is 9.36 Å². The van der Waals surface area contributed by atoms with Crippen LogP contribution in [0.15, 0.2) is 0 Å². The summed E-state index contributed by atoms with van der Waals surface area (Å²) < 4.78 is 30.1. The molecule has 1 atom stereocenters. The van der Waals surface area contributed by atoms with Gasteiger partial charge in [0.1, 0.15) is 0 Å². The van der Waals surface area contributed by atoms with Gasteiger partial charge in [-0.2, -0.15) is 0 Å². The molecule has 0 aromatic rings. The van der Waals surface area contributed by atoms with Crippen LogP contribution in [-0.4, -0.2) is 32.3 Å². The van der Waals surface area contributed by atoms with E-state index in [1.165, 1.54) is 7.11 Å². The second kappa shape index (κ2) is 6.82. The maximum Gasteiger partial charge on any atom is 0.510 e. The molecule has 0 aliphatic heterocycles. The normalized spacial score (nSPS) is 14.7. The van der Waals surface area contributed by atoms with Crippen molar-refractivity contribution >= 4 is 13.8 Å². The molecule has 0 bridgehead atoms. The van der Waals surface area contributed by atoms with Crippen molar-refractivity contribution in [1.82, 2.24) is 0 Å². The van der Waals surface area contributed by atoms with Crippen molar-refractivity contribution < 1.29 is 27.9 Å². The summed E-state index contributed by atoms with van der Waals surface area (Å²) in [7, 11) is -1.83. The van der Waals surface area contributed by atoms with E-state index >= 15 is 0 Å². The summed E-state index contributed by atoms with van der Waals surface area (Å²) in [4.78, 5) is 10.9. The second-order valence-corrected chi connectivity index (χ2v) is 5.40. The Morgan fingerprint density at radius 2 is 2.00 bits per heavy atom. The van der Waals surface area contributed by atoms with E-state index in [-0.39, 0.29) is 12.3 Å². The third kappa shape index (κ3) is 6.49. The first-order valence-electron chi connectivity index (χ1n) is 4.56. The zero-order chi connectivity index (χ0) is 11.9. The van der Waals surface area contributed by atoms with Crippen LogP contribution in [0, 0.1) is 0 Å². The second-order valence-electron chi connectivity index (χ2n) is 2.92. The third-order valence-corrected chi connectivity index (χ3v) is 3.25. The van der Waals surface area contributed by atoms with Gasteiger partial charge in [0.2, 0.25) is 6.79 Å². The number of carbonyl (C=O) groups is 1. The van der Waals surface area contributed by atoms with Crippen LogP contribution in [0.3, 0.4) is 0 Å². The Morgan fingerprint density at radius 3 is 2.40 bits per heavy atom. The van der Waals surface area contributed by atoms with Crippen LogP contribution in [0.2, 0.25) is 0 Å². The molecule has 7 heteroatoms. The van der Waals surface area contributed by atoms with Crippen LogP contribution in [0.25, 0.3) is 0 Å². The van der Waals surface area contributed by atoms with Crippen molar-refractivity contribution in [3.05, 3.63) is 0 Å². The number of carbonyl (C=O) groups excluding carboxylic acids is 1. The Morgan fingerprint density at radius 1 is 1.40 bits per heavy atom. The van der Waals surface area contributed by atoms with E-state index < -0.39 is 20.5 Å². The molecule has 0 amide bonds. The van der Waals surface area contributed by atoms with Gasteiger partial charge in [-0.1, -0.05) is 6.92 Å². The minimum absolute atomic E-state index is 0.214. The Balaban J connectivity index is 3.79. The smallest absolute Gasteiger partial charge is 0.432 e. The predicted molar refractivity (Wildman–Crippen MR) is 53.8 cm³/mol. The molecule has 0 aliphatic rings. The van der Waals surface area contributed by atoms with Gasteiger partial charge in [-0.3, -0.25) is 9.09 Å². The molecule has 0 saturated heterocycles. The quantitative estimate of drug-likeness (QED) is 0.403. The number of ether oxygens (including phenoxy) is 2. The third-order valence-electron chi connectivity index (χ3n) is 1.42. The summed E-state index contributed by atoms with van der Waals surface area (Å²) in [5, 5.41) is 0. The van der Waals surface area contributed by atoms with Crippen LogP contribution in [0.5, 0.6) is 0 Å². The van der Waals surface area contributed by atoms with Gasteiger partial charge < -0.3 is 14.0 Å². The molecular formula is C8H17O6P. The van der Waals surface area contributed by atoms with Crippen molar-refractivity contribution in [3.8, 4) is 0 Å². The molecule has 0 saturated carbocycles. The van der Waals surface area contributed by atoms with Crippen LogP contribution in [0.4, 0.5) is 4.79 Å². The van der Waals surface area contributed by atoms with Gasteiger partial charge in [0.15, 0.2) is 0 Å². The van der Waals surface area contributed by atoms with Crippen LogP contribution >= 0.6 is 7.60 Å². The molecule has 0 rings (SSSR count). The number of hydrogen-bond donors (Lipinski definition) is 0. The van der Waals surface area contributed by atoms with Crippen molar-refractivity contribution in [2.24, 2.45) is 0 Å². The SMILES string of the molecule is CCP(=O)(OC)OCOC(=O)OC(C)C. The van der Waals surface area contributed by atoms with Crippen molar-refractivity contribution in [2.45, 2.75) is 26.9 Å². The molecule has 0 N–H and O–H groups in total. The van der Waals surface area contributed by atoms with Gasteiger partial charge in [0, 0.05) is 13.3 Å². The minimum Gasteiger partial charge on any atom is -0.432 e. The highest BCUT2D eigenvalue weighted by Crippen LogP contribution is 2.46. The topological polar surface area (TPSA) is 71.1 Å². The first-order valence-corrected chi connectivity index (χ1v) is 6.29. The fourth-order valence-corrected chi connectivity index (χ4v) is 1.41. The first-order chi connectivity index (χ1) is 6.93. The Labute approximate surface area is 89.4 Å². The lowest BCUT2D eigenvalue weighted by molar-refractivity contribution is -0.0118. The van der Waals surface area contributed by atoms with Crippen LogP contribution in [-0.2, 0) is 23.1 Å². The lowest BCUT2D eigenvalue weighted by Crippen LogP contribution is -2.14. The fourth-order valence-electron chi connectivity index (χ4n) is 0.654. The maximum atomic E-state index is 11.5. The van der Waals surface area contributed by atoms with E-state index in [0.717, 1.165) is 0 Å². The zero-order valence-electron chi connectivity index (χ0n) is 9.39. The van der Waals surface area contributed by atoms with Gasteiger partial charge >= 0.3 is 13.8 Å². The van der Waals surface area contributed by atoms with Gasteiger partial charge in [-0.25, -0.2) is 4.79 Å². The van der Waals surface area contributed by atoms with E-state index in [0.29, 0.717) is 0 Å². The van der Waals surface area contributed by atoms with Crippen molar-refractivity contribution in [2.75, 3.05) is 20.1 Å². The molecule has 0 radical (unpaired) electrons. The lowest BCUT2D eigenvalue weighted by atomic mass is 10.5. The Kier molecular flexibility index (Phi) is 6.56. The summed E-state index contributed by atoms with van der Waals surface area (Å²) in [5.74, 6) is 0. The molecule has 90 valence electrons. The standard InChI is InChI=1S/C8H17O6P/c1-5-15(10,11-4)13-6-12-8(9)14-7(2)3/h7H,5-6H2,1-4H3. The highest BCUT2D eigenvalue weighted by atomic mass is 31.2. The van der Waals surface area contributed by atoms with Gasteiger partial charge in [0.05, 0.1) is 6.10 Å². The predicted octanol–water partition coefficient (Wildman–Crippen LogP) is 2.38. The Hall–Kier alpha value is -0.580. The van der Waals surface area contributed by atoms with Crippen LogP contribution < -0.4 is 0 Å². The summed E-state index contributed by atoms with van der Waals surface area (Å²) in [5.41, 5.74) is 0. The summed E-state index contributed by atoms with van der Waals surface area (Å²) in [6.07, 6.45) is -0.909. The Bertz CT molecular complexity index is 231. The molecule has 15 heavy (non-hydrogen) atoms. The molecule has 0 fully saturated rings. The molecule has 0 aliphatic carbocycles.